The topological polar surface area (TPSA) is 527 Å². The van der Waals surface area contributed by atoms with Crippen molar-refractivity contribution in [2.75, 3.05) is 38.2 Å². The highest BCUT2D eigenvalue weighted by Crippen LogP contribution is 2.15. The molecule has 30 heteroatoms. The average Bonchev–Trinajstić information content (AvgIpc) is 3.57. The van der Waals surface area contributed by atoms with Gasteiger partial charge < -0.3 is 98.4 Å². The minimum absolute atomic E-state index is 0.0232. The molecule has 2 aromatic carbocycles. The number of hydrogen-bond donors (Lipinski definition) is 18. The summed E-state index contributed by atoms with van der Waals surface area (Å²) in [6, 6.07) is 1.42. The van der Waals surface area contributed by atoms with Crippen LogP contribution in [-0.2, 0) is 51.2 Å². The van der Waals surface area contributed by atoms with Crippen molar-refractivity contribution in [1.82, 2.24) is 37.2 Å². The number of benzene rings is 2. The van der Waals surface area contributed by atoms with Crippen LogP contribution in [0.5, 0.6) is 11.5 Å². The molecule has 2 rings (SSSR count). The van der Waals surface area contributed by atoms with Crippen molar-refractivity contribution in [3.8, 4) is 11.5 Å². The van der Waals surface area contributed by atoms with Crippen molar-refractivity contribution in [3.63, 3.8) is 0 Å². The van der Waals surface area contributed by atoms with Crippen LogP contribution in [0.1, 0.15) is 95.6 Å². The van der Waals surface area contributed by atoms with Gasteiger partial charge in [0.1, 0.15) is 53.8 Å². The number of unbranched alkanes of at least 4 members (excludes halogenated alkanes) is 1. The molecule has 0 heterocycles. The molecule has 0 aliphatic carbocycles. The predicted molar refractivity (Wildman–Crippen MR) is 318 cm³/mol. The van der Waals surface area contributed by atoms with Crippen molar-refractivity contribution in [1.29, 1.82) is 0 Å². The summed E-state index contributed by atoms with van der Waals surface area (Å²) >= 11 is 1.37. The first-order chi connectivity index (χ1) is 39.3. The maximum atomic E-state index is 14.5. The van der Waals surface area contributed by atoms with E-state index < -0.39 is 95.7 Å². The lowest BCUT2D eigenvalue weighted by molar-refractivity contribution is -0.142. The zero-order valence-electron chi connectivity index (χ0n) is 47.5. The molecule has 0 saturated heterocycles. The number of aliphatic carboxylic acids is 1. The van der Waals surface area contributed by atoms with Gasteiger partial charge >= 0.3 is 5.97 Å². The number of aromatic hydroxyl groups is 2. The first-order valence-corrected chi connectivity index (χ1v) is 28.7. The number of thioether (sulfide) groups is 1. The van der Waals surface area contributed by atoms with Gasteiger partial charge in [-0.25, -0.2) is 4.79 Å². The SMILES string of the molecule is CSCCC(NC(=O)C(CCCCN)NC(=O)C(CCCN=C(N)N)NC(=O)C(N)Cc1ccc(O)cc1)C(=O)NC(CCCN=C(N)N)C(=O)NC(CC(C)C)C(=O)NC(CCCN=C(N)N)C(=O)NC(Cc1ccc(O)cc1)C(=O)O. The Balaban J connectivity index is 2.48. The van der Waals surface area contributed by atoms with E-state index in [2.05, 4.69) is 52.2 Å². The van der Waals surface area contributed by atoms with Gasteiger partial charge in [-0.05, 0) is 137 Å². The Labute approximate surface area is 488 Å². The van der Waals surface area contributed by atoms with Gasteiger partial charge in [-0.2, -0.15) is 11.8 Å². The lowest BCUT2D eigenvalue weighted by Gasteiger charge is -2.28. The van der Waals surface area contributed by atoms with E-state index in [-0.39, 0.29) is 132 Å². The Morgan fingerprint density at radius 3 is 1.14 bits per heavy atom. The summed E-state index contributed by atoms with van der Waals surface area (Å²) in [5, 5.41) is 48.2. The summed E-state index contributed by atoms with van der Waals surface area (Å²) in [5.74, 6) is -7.38. The maximum absolute atomic E-state index is 14.5. The number of phenols is 2. The maximum Gasteiger partial charge on any atom is 0.326 e. The van der Waals surface area contributed by atoms with Gasteiger partial charge in [-0.1, -0.05) is 38.1 Å². The van der Waals surface area contributed by atoms with E-state index in [4.69, 9.17) is 45.9 Å². The van der Waals surface area contributed by atoms with Crippen LogP contribution in [0.2, 0.25) is 0 Å². The summed E-state index contributed by atoms with van der Waals surface area (Å²) in [6.45, 7) is 4.03. The lowest BCUT2D eigenvalue weighted by atomic mass is 10.0. The van der Waals surface area contributed by atoms with Gasteiger partial charge in [0, 0.05) is 26.1 Å². The molecule has 0 aliphatic rings. The highest BCUT2D eigenvalue weighted by Gasteiger charge is 2.35. The van der Waals surface area contributed by atoms with E-state index in [0.717, 1.165) is 0 Å². The monoisotopic (exact) mass is 1180 g/mol. The Bertz CT molecular complexity index is 2470. The molecule has 0 aromatic heterocycles. The third-order valence-electron chi connectivity index (χ3n) is 12.6. The second-order valence-corrected chi connectivity index (χ2v) is 21.1. The summed E-state index contributed by atoms with van der Waals surface area (Å²) in [7, 11) is 0. The van der Waals surface area contributed by atoms with Crippen molar-refractivity contribution in [3.05, 3.63) is 59.7 Å². The van der Waals surface area contributed by atoms with Crippen LogP contribution in [0.3, 0.4) is 0 Å². The summed E-state index contributed by atoms with van der Waals surface area (Å²) in [6.07, 6.45) is 3.07. The smallest absolute Gasteiger partial charge is 0.326 e. The number of phenolic OH excluding ortho intramolecular Hbond substituents is 2. The number of rotatable bonds is 40. The van der Waals surface area contributed by atoms with E-state index in [1.807, 2.05) is 0 Å². The molecule has 8 atom stereocenters. The second-order valence-electron chi connectivity index (χ2n) is 20.2. The zero-order valence-corrected chi connectivity index (χ0v) is 48.3. The van der Waals surface area contributed by atoms with Crippen molar-refractivity contribution < 1.29 is 53.7 Å². The first kappa shape index (κ1) is 71.0. The number of nitrogens with two attached hydrogens (primary N) is 8. The van der Waals surface area contributed by atoms with E-state index in [1.54, 1.807) is 32.2 Å². The number of carbonyl (C=O) groups excluding carboxylic acids is 7. The van der Waals surface area contributed by atoms with E-state index in [1.165, 1.54) is 48.2 Å². The molecule has 0 saturated carbocycles. The van der Waals surface area contributed by atoms with Crippen LogP contribution in [0.4, 0.5) is 0 Å². The number of carboxylic acids is 1. The Morgan fingerprint density at radius 2 is 0.795 bits per heavy atom. The standard InChI is InChI=1S/C53H88N18O11S/c1-30(2)27-41(49(80)68-39(12-8-25-64-53(60)61)47(78)71-42(50(81)82)29-32-15-19-34(73)20-16-32)70-46(77)38(11-7-24-63-52(58)59)67-48(79)40(21-26-83-3)69-44(75)36(9-4-5-22-54)66-45(76)37(10-6-23-62-51(56)57)65-43(74)35(55)28-31-13-17-33(72)18-14-31/h13-20,30,35-42,72-73H,4-12,21-29,54-55H2,1-3H3,(H,65,74)(H,66,76)(H,67,79)(H,68,80)(H,69,75)(H,70,77)(H,71,78)(H,81,82)(H4,56,57,62)(H4,58,59,63)(H4,60,61,64). The van der Waals surface area contributed by atoms with E-state index >= 15 is 0 Å². The number of amides is 7. The van der Waals surface area contributed by atoms with Gasteiger partial charge in [0.2, 0.25) is 41.4 Å². The number of nitrogens with one attached hydrogen (secondary N) is 7. The molecule has 7 amide bonds. The number of guanidine groups is 3. The molecule has 0 radical (unpaired) electrons. The number of aliphatic imine (C=N–C) groups is 3. The number of carbonyl (C=O) groups is 8. The van der Waals surface area contributed by atoms with Gasteiger partial charge in [0.25, 0.3) is 0 Å². The molecule has 29 nitrogen and oxygen atoms in total. The fraction of sp³-hybridized carbons (Fsp3) is 0.566. The lowest BCUT2D eigenvalue weighted by Crippen LogP contribution is -2.60. The fourth-order valence-electron chi connectivity index (χ4n) is 8.25. The highest BCUT2D eigenvalue weighted by atomic mass is 32.2. The normalized spacial score (nSPS) is 13.9. The number of carboxylic acid groups (broad SMARTS) is 1. The number of nitrogens with zero attached hydrogens (tertiary/aromatic N) is 3. The van der Waals surface area contributed by atoms with Crippen molar-refractivity contribution >= 4 is 77.0 Å². The Morgan fingerprint density at radius 1 is 0.470 bits per heavy atom. The summed E-state index contributed by atoms with van der Waals surface area (Å²) in [5.41, 5.74) is 46.3. The van der Waals surface area contributed by atoms with Gasteiger partial charge in [-0.15, -0.1) is 0 Å². The fourth-order valence-corrected chi connectivity index (χ4v) is 8.72. The molecular weight excluding hydrogens is 1100 g/mol. The van der Waals surface area contributed by atoms with Crippen LogP contribution in [0, 0.1) is 5.92 Å². The molecule has 0 fully saturated rings. The third-order valence-corrected chi connectivity index (χ3v) is 13.3. The van der Waals surface area contributed by atoms with Gasteiger partial charge in [-0.3, -0.25) is 48.5 Å². The van der Waals surface area contributed by atoms with Crippen molar-refractivity contribution in [2.24, 2.45) is 66.8 Å². The minimum Gasteiger partial charge on any atom is -0.508 e. The molecular formula is C53H88N18O11S. The molecule has 0 bridgehead atoms. The van der Waals surface area contributed by atoms with Crippen LogP contribution in [-0.4, -0.2) is 167 Å². The molecule has 2 aromatic rings. The summed E-state index contributed by atoms with van der Waals surface area (Å²) in [4.78, 5) is 123. The van der Waals surface area contributed by atoms with Crippen molar-refractivity contribution in [2.45, 2.75) is 146 Å². The first-order valence-electron chi connectivity index (χ1n) is 27.4. The van der Waals surface area contributed by atoms with Gasteiger partial charge in [0.05, 0.1) is 6.04 Å². The van der Waals surface area contributed by atoms with E-state index in [9.17, 15) is 53.7 Å². The molecule has 8 unspecified atom stereocenters. The van der Waals surface area contributed by atoms with Crippen LogP contribution >= 0.6 is 11.8 Å². The van der Waals surface area contributed by atoms with E-state index in [0.29, 0.717) is 29.7 Å². The highest BCUT2D eigenvalue weighted by molar-refractivity contribution is 7.98. The Hall–Kier alpha value is -8.12. The molecule has 0 spiro atoms. The predicted octanol–water partition coefficient (Wildman–Crippen LogP) is -3.22. The zero-order chi connectivity index (χ0) is 62.0. The van der Waals surface area contributed by atoms with Crippen LogP contribution in [0.15, 0.2) is 63.5 Å². The Kier molecular flexibility index (Phi) is 33.0. The second kappa shape index (κ2) is 38.6. The van der Waals surface area contributed by atoms with Gasteiger partial charge in [0.15, 0.2) is 17.9 Å². The average molecular weight is 1190 g/mol. The minimum atomic E-state index is -1.45. The molecule has 462 valence electrons. The van der Waals surface area contributed by atoms with Crippen LogP contribution < -0.4 is 83.1 Å². The quantitative estimate of drug-likeness (QED) is 0.0177. The molecule has 26 N–H and O–H groups in total. The molecule has 83 heavy (non-hydrogen) atoms. The number of hydrogen-bond acceptors (Lipinski definition) is 16. The third kappa shape index (κ3) is 29.4. The molecule has 0 aliphatic heterocycles. The summed E-state index contributed by atoms with van der Waals surface area (Å²) < 4.78 is 0. The van der Waals surface area contributed by atoms with Crippen LogP contribution in [0.25, 0.3) is 0 Å². The largest absolute Gasteiger partial charge is 0.508 e.